The molecule has 2 atom stereocenters. The van der Waals surface area contributed by atoms with Crippen LogP contribution in [0.5, 0.6) is 0 Å². The topological polar surface area (TPSA) is 182 Å². The number of primary amides is 1. The van der Waals surface area contributed by atoms with Gasteiger partial charge in [-0.1, -0.05) is 103 Å². The van der Waals surface area contributed by atoms with Gasteiger partial charge in [-0.2, -0.15) is 0 Å². The van der Waals surface area contributed by atoms with Crippen molar-refractivity contribution in [2.24, 2.45) is 17.2 Å². The first-order chi connectivity index (χ1) is 22.3. The van der Waals surface area contributed by atoms with Crippen LogP contribution in [-0.2, 0) is 19.2 Å². The highest BCUT2D eigenvalue weighted by atomic mass is 16.2. The number of hydrogen-bond acceptors (Lipinski definition) is 6. The second-order valence-electron chi connectivity index (χ2n) is 13.1. The van der Waals surface area contributed by atoms with Crippen molar-refractivity contribution in [3.8, 4) is 0 Å². The van der Waals surface area contributed by atoms with Gasteiger partial charge in [0.05, 0.1) is 12.1 Å². The number of carbonyl (C=O) groups is 4. The predicted molar refractivity (Wildman–Crippen MR) is 190 cm³/mol. The lowest BCUT2D eigenvalue weighted by atomic mass is 10.1. The van der Waals surface area contributed by atoms with Crippen LogP contribution in [0.1, 0.15) is 174 Å². The molecule has 10 nitrogen and oxygen atoms in total. The molecule has 0 aliphatic rings. The van der Waals surface area contributed by atoms with E-state index in [1.807, 2.05) is 0 Å². The van der Waals surface area contributed by atoms with Gasteiger partial charge >= 0.3 is 0 Å². The van der Waals surface area contributed by atoms with E-state index < -0.39 is 18.0 Å². The Hall–Kier alpha value is -2.20. The van der Waals surface area contributed by atoms with Crippen LogP contribution in [-0.4, -0.2) is 55.3 Å². The second-order valence-corrected chi connectivity index (χ2v) is 13.1. The van der Waals surface area contributed by atoms with Crippen molar-refractivity contribution in [1.82, 2.24) is 16.0 Å². The van der Waals surface area contributed by atoms with Crippen molar-refractivity contribution < 1.29 is 19.2 Å². The van der Waals surface area contributed by atoms with Gasteiger partial charge in [0, 0.05) is 32.5 Å². The number of nitrogens with two attached hydrogens (primary N) is 3. The molecule has 0 heterocycles. The zero-order valence-electron chi connectivity index (χ0n) is 29.5. The smallest absolute Gasteiger partial charge is 0.236 e. The minimum absolute atomic E-state index is 0.0759. The fourth-order valence-corrected chi connectivity index (χ4v) is 5.47. The van der Waals surface area contributed by atoms with E-state index in [0.717, 1.165) is 70.6 Å². The molecule has 0 saturated carbocycles. The Kier molecular flexibility index (Phi) is 31.2. The van der Waals surface area contributed by atoms with Crippen molar-refractivity contribution >= 4 is 23.6 Å². The van der Waals surface area contributed by atoms with E-state index in [0.29, 0.717) is 45.3 Å². The molecule has 0 fully saturated rings. The maximum Gasteiger partial charge on any atom is 0.236 e. The number of nitrogens with one attached hydrogen (secondary N) is 3. The Balaban J connectivity index is 3.45. The predicted octanol–water partition coefficient (Wildman–Crippen LogP) is 5.64. The third kappa shape index (κ3) is 30.5. The van der Waals surface area contributed by atoms with E-state index in [2.05, 4.69) is 22.9 Å². The van der Waals surface area contributed by atoms with E-state index in [-0.39, 0.29) is 17.7 Å². The van der Waals surface area contributed by atoms with Crippen molar-refractivity contribution in [2.75, 3.05) is 19.6 Å². The van der Waals surface area contributed by atoms with Crippen LogP contribution in [0, 0.1) is 0 Å². The van der Waals surface area contributed by atoms with Crippen molar-refractivity contribution in [3.05, 3.63) is 0 Å². The molecule has 0 rings (SSSR count). The second kappa shape index (κ2) is 32.7. The highest BCUT2D eigenvalue weighted by molar-refractivity contribution is 5.81. The molecular formula is C36H72N6O4. The first-order valence-electron chi connectivity index (χ1n) is 18.9. The Morgan fingerprint density at radius 3 is 1.24 bits per heavy atom. The standard InChI is InChI=1S/C36H72N6O4/c1-2-3-4-5-6-8-11-14-17-27-34(44)41-29-23-20-25-32(38)36(46)42-30-21-16-13-10-7-9-12-15-18-26-33(43)40-28-22-19-24-31(37)35(39)45/h31-32H,2-30,37-38H2,1H3,(H2,39,45)(H,40,43)(H,41,44)(H,42,46). The van der Waals surface area contributed by atoms with Gasteiger partial charge in [-0.15, -0.1) is 0 Å². The molecule has 0 aliphatic carbocycles. The van der Waals surface area contributed by atoms with Crippen LogP contribution < -0.4 is 33.2 Å². The van der Waals surface area contributed by atoms with Crippen molar-refractivity contribution in [3.63, 3.8) is 0 Å². The van der Waals surface area contributed by atoms with Gasteiger partial charge in [-0.25, -0.2) is 0 Å². The Morgan fingerprint density at radius 1 is 0.457 bits per heavy atom. The van der Waals surface area contributed by atoms with Gasteiger partial charge < -0.3 is 33.2 Å². The van der Waals surface area contributed by atoms with Gasteiger partial charge in [0.2, 0.25) is 23.6 Å². The summed E-state index contributed by atoms with van der Waals surface area (Å²) in [5.74, 6) is -0.329. The molecule has 4 amide bonds. The van der Waals surface area contributed by atoms with Gasteiger partial charge in [0.25, 0.3) is 0 Å². The minimum atomic E-state index is -0.596. The lowest BCUT2D eigenvalue weighted by Gasteiger charge is -2.12. The van der Waals surface area contributed by atoms with Crippen LogP contribution in [0.15, 0.2) is 0 Å². The zero-order valence-corrected chi connectivity index (χ0v) is 29.5. The van der Waals surface area contributed by atoms with E-state index in [9.17, 15) is 19.2 Å². The molecule has 0 aliphatic heterocycles. The molecule has 0 saturated heterocycles. The summed E-state index contributed by atoms with van der Waals surface area (Å²) in [6, 6.07) is -1.08. The highest BCUT2D eigenvalue weighted by Gasteiger charge is 2.12. The van der Waals surface area contributed by atoms with E-state index in [1.165, 1.54) is 70.6 Å². The molecule has 270 valence electrons. The summed E-state index contributed by atoms with van der Waals surface area (Å²) in [5.41, 5.74) is 16.8. The van der Waals surface area contributed by atoms with Crippen LogP contribution in [0.4, 0.5) is 0 Å². The first-order valence-corrected chi connectivity index (χ1v) is 18.9. The normalized spacial score (nSPS) is 12.4. The molecule has 0 radical (unpaired) electrons. The largest absolute Gasteiger partial charge is 0.368 e. The average Bonchev–Trinajstić information content (AvgIpc) is 3.03. The Morgan fingerprint density at radius 2 is 0.804 bits per heavy atom. The summed E-state index contributed by atoms with van der Waals surface area (Å²) in [6.45, 7) is 4.18. The number of amides is 4. The molecule has 0 aromatic heterocycles. The quantitative estimate of drug-likeness (QED) is 0.0489. The fraction of sp³-hybridized carbons (Fsp3) is 0.889. The summed E-state index contributed by atoms with van der Waals surface area (Å²) in [4.78, 5) is 47.0. The number of unbranched alkanes of at least 4 members (excludes halogenated alkanes) is 18. The number of carbonyl (C=O) groups excluding carboxylic acids is 4. The monoisotopic (exact) mass is 653 g/mol. The molecule has 0 aromatic rings. The molecule has 0 bridgehead atoms. The molecule has 9 N–H and O–H groups in total. The van der Waals surface area contributed by atoms with Crippen LogP contribution in [0.3, 0.4) is 0 Å². The highest BCUT2D eigenvalue weighted by Crippen LogP contribution is 2.12. The van der Waals surface area contributed by atoms with Gasteiger partial charge in [0.15, 0.2) is 0 Å². The van der Waals surface area contributed by atoms with E-state index >= 15 is 0 Å². The minimum Gasteiger partial charge on any atom is -0.368 e. The molecule has 46 heavy (non-hydrogen) atoms. The third-order valence-corrected chi connectivity index (χ3v) is 8.62. The maximum absolute atomic E-state index is 12.2. The van der Waals surface area contributed by atoms with Crippen molar-refractivity contribution in [2.45, 2.75) is 186 Å². The van der Waals surface area contributed by atoms with Gasteiger partial charge in [-0.3, -0.25) is 19.2 Å². The average molecular weight is 653 g/mol. The zero-order chi connectivity index (χ0) is 34.1. The Bertz CT molecular complexity index is 767. The van der Waals surface area contributed by atoms with E-state index in [4.69, 9.17) is 17.2 Å². The van der Waals surface area contributed by atoms with Crippen LogP contribution in [0.2, 0.25) is 0 Å². The molecule has 0 spiro atoms. The lowest BCUT2D eigenvalue weighted by Crippen LogP contribution is -2.41. The molecular weight excluding hydrogens is 580 g/mol. The Labute approximate surface area is 281 Å². The van der Waals surface area contributed by atoms with Crippen molar-refractivity contribution in [1.29, 1.82) is 0 Å². The van der Waals surface area contributed by atoms with Crippen LogP contribution >= 0.6 is 0 Å². The first kappa shape index (κ1) is 43.8. The lowest BCUT2D eigenvalue weighted by molar-refractivity contribution is -0.123. The molecule has 2 unspecified atom stereocenters. The summed E-state index contributed by atoms with van der Waals surface area (Å²) in [7, 11) is 0. The number of rotatable bonds is 34. The fourth-order valence-electron chi connectivity index (χ4n) is 5.47. The third-order valence-electron chi connectivity index (χ3n) is 8.62. The summed E-state index contributed by atoms with van der Waals surface area (Å²) in [6.07, 6.45) is 26.9. The summed E-state index contributed by atoms with van der Waals surface area (Å²) < 4.78 is 0. The van der Waals surface area contributed by atoms with Gasteiger partial charge in [0.1, 0.15) is 0 Å². The van der Waals surface area contributed by atoms with Gasteiger partial charge in [-0.05, 0) is 57.8 Å². The molecule has 10 heteroatoms. The summed E-state index contributed by atoms with van der Waals surface area (Å²) >= 11 is 0. The van der Waals surface area contributed by atoms with Crippen LogP contribution in [0.25, 0.3) is 0 Å². The van der Waals surface area contributed by atoms with E-state index in [1.54, 1.807) is 0 Å². The number of hydrogen-bond donors (Lipinski definition) is 6. The SMILES string of the molecule is CCCCCCCCCCCC(=O)NCCCCC(N)C(=O)NCCCCCCCCCCCC(=O)NCCCCC(N)C(N)=O. The summed E-state index contributed by atoms with van der Waals surface area (Å²) in [5, 5.41) is 8.88. The maximum atomic E-state index is 12.2. The molecule has 0 aromatic carbocycles.